The number of amides is 1. The summed E-state index contributed by atoms with van der Waals surface area (Å²) in [4.78, 5) is 11.5. The molecule has 0 atom stereocenters. The molecule has 0 radical (unpaired) electrons. The standard InChI is InChI=1S/C14H27NO3/c1-3-12-4-6-13(7-5-12)10-15-14(16)11-18-9-8-17-2/h12-13H,3-11H2,1-2H3,(H,15,16). The highest BCUT2D eigenvalue weighted by Crippen LogP contribution is 2.29. The van der Waals surface area contributed by atoms with Gasteiger partial charge in [-0.3, -0.25) is 4.79 Å². The number of carbonyl (C=O) groups excluding carboxylic acids is 1. The second-order valence-electron chi connectivity index (χ2n) is 5.14. The molecule has 1 fully saturated rings. The third-order valence-corrected chi connectivity index (χ3v) is 3.80. The van der Waals surface area contributed by atoms with E-state index in [1.165, 1.54) is 32.1 Å². The zero-order chi connectivity index (χ0) is 13.2. The molecule has 4 heteroatoms. The summed E-state index contributed by atoms with van der Waals surface area (Å²) in [5, 5.41) is 2.96. The number of nitrogens with one attached hydrogen (secondary N) is 1. The van der Waals surface area contributed by atoms with Crippen LogP contribution in [-0.2, 0) is 14.3 Å². The summed E-state index contributed by atoms with van der Waals surface area (Å²) in [5.74, 6) is 1.56. The maximum atomic E-state index is 11.5. The Labute approximate surface area is 110 Å². The lowest BCUT2D eigenvalue weighted by Gasteiger charge is -2.27. The minimum atomic E-state index is -0.0104. The van der Waals surface area contributed by atoms with Gasteiger partial charge in [-0.05, 0) is 24.7 Å². The van der Waals surface area contributed by atoms with Gasteiger partial charge in [-0.25, -0.2) is 0 Å². The third kappa shape index (κ3) is 6.36. The van der Waals surface area contributed by atoms with Crippen molar-refractivity contribution in [3.8, 4) is 0 Å². The highest BCUT2D eigenvalue weighted by Gasteiger charge is 2.20. The molecule has 1 aliphatic rings. The Balaban J connectivity index is 2.01. The van der Waals surface area contributed by atoms with Crippen molar-refractivity contribution in [2.75, 3.05) is 33.5 Å². The Morgan fingerprint density at radius 3 is 2.44 bits per heavy atom. The van der Waals surface area contributed by atoms with Crippen LogP contribution in [0, 0.1) is 11.8 Å². The van der Waals surface area contributed by atoms with Crippen molar-refractivity contribution in [1.82, 2.24) is 5.32 Å². The zero-order valence-electron chi connectivity index (χ0n) is 11.7. The lowest BCUT2D eigenvalue weighted by molar-refractivity contribution is -0.126. The molecule has 4 nitrogen and oxygen atoms in total. The van der Waals surface area contributed by atoms with E-state index in [0.29, 0.717) is 19.1 Å². The quantitative estimate of drug-likeness (QED) is 0.676. The van der Waals surface area contributed by atoms with Gasteiger partial charge < -0.3 is 14.8 Å². The summed E-state index contributed by atoms with van der Waals surface area (Å²) in [5.41, 5.74) is 0. The molecule has 1 saturated carbocycles. The van der Waals surface area contributed by atoms with Crippen molar-refractivity contribution < 1.29 is 14.3 Å². The molecular formula is C14H27NO3. The van der Waals surface area contributed by atoms with E-state index in [1.807, 2.05) is 0 Å². The second kappa shape index (κ2) is 9.34. The minimum Gasteiger partial charge on any atom is -0.382 e. The van der Waals surface area contributed by atoms with Crippen molar-refractivity contribution in [1.29, 1.82) is 0 Å². The molecule has 0 aromatic rings. The van der Waals surface area contributed by atoms with Crippen LogP contribution in [0.25, 0.3) is 0 Å². The average molecular weight is 257 g/mol. The number of hydrogen-bond acceptors (Lipinski definition) is 3. The van der Waals surface area contributed by atoms with Gasteiger partial charge in [0.05, 0.1) is 13.2 Å². The average Bonchev–Trinajstić information content (AvgIpc) is 2.42. The molecule has 0 bridgehead atoms. The van der Waals surface area contributed by atoms with Crippen molar-refractivity contribution in [2.24, 2.45) is 11.8 Å². The van der Waals surface area contributed by atoms with Crippen molar-refractivity contribution >= 4 is 5.91 Å². The predicted molar refractivity (Wildman–Crippen MR) is 71.4 cm³/mol. The van der Waals surface area contributed by atoms with Gasteiger partial charge in [0, 0.05) is 13.7 Å². The van der Waals surface area contributed by atoms with Gasteiger partial charge in [0.15, 0.2) is 0 Å². The molecule has 1 amide bonds. The van der Waals surface area contributed by atoms with E-state index in [0.717, 1.165) is 12.5 Å². The van der Waals surface area contributed by atoms with Gasteiger partial charge in [0.2, 0.25) is 5.91 Å². The van der Waals surface area contributed by atoms with Gasteiger partial charge in [-0.2, -0.15) is 0 Å². The summed E-state index contributed by atoms with van der Waals surface area (Å²) in [6.45, 7) is 4.24. The maximum Gasteiger partial charge on any atom is 0.246 e. The normalized spacial score (nSPS) is 23.9. The first-order chi connectivity index (χ1) is 8.76. The fourth-order valence-electron chi connectivity index (χ4n) is 2.46. The third-order valence-electron chi connectivity index (χ3n) is 3.80. The first-order valence-corrected chi connectivity index (χ1v) is 7.09. The summed E-state index contributed by atoms with van der Waals surface area (Å²) in [6.07, 6.45) is 6.45. The molecule has 1 aliphatic carbocycles. The van der Waals surface area contributed by atoms with Gasteiger partial charge >= 0.3 is 0 Å². The van der Waals surface area contributed by atoms with Crippen LogP contribution in [0.15, 0.2) is 0 Å². The lowest BCUT2D eigenvalue weighted by Crippen LogP contribution is -2.33. The zero-order valence-corrected chi connectivity index (χ0v) is 11.7. The van der Waals surface area contributed by atoms with Crippen LogP contribution in [0.2, 0.25) is 0 Å². The fraction of sp³-hybridized carbons (Fsp3) is 0.929. The molecule has 106 valence electrons. The van der Waals surface area contributed by atoms with Crippen LogP contribution in [-0.4, -0.2) is 39.4 Å². The van der Waals surface area contributed by atoms with Crippen LogP contribution < -0.4 is 5.32 Å². The molecule has 0 saturated heterocycles. The van der Waals surface area contributed by atoms with E-state index in [4.69, 9.17) is 9.47 Å². The monoisotopic (exact) mass is 257 g/mol. The fourth-order valence-corrected chi connectivity index (χ4v) is 2.46. The van der Waals surface area contributed by atoms with E-state index in [9.17, 15) is 4.79 Å². The highest BCUT2D eigenvalue weighted by molar-refractivity contribution is 5.77. The lowest BCUT2D eigenvalue weighted by atomic mass is 9.81. The molecule has 0 aliphatic heterocycles. The first kappa shape index (κ1) is 15.4. The molecule has 0 aromatic carbocycles. The summed E-state index contributed by atoms with van der Waals surface area (Å²) in [7, 11) is 1.62. The molecule has 18 heavy (non-hydrogen) atoms. The van der Waals surface area contributed by atoms with Gasteiger partial charge in [0.25, 0.3) is 0 Å². The molecular weight excluding hydrogens is 230 g/mol. The molecule has 0 unspecified atom stereocenters. The van der Waals surface area contributed by atoms with Crippen molar-refractivity contribution in [2.45, 2.75) is 39.0 Å². The maximum absolute atomic E-state index is 11.5. The van der Waals surface area contributed by atoms with Crippen molar-refractivity contribution in [3.05, 3.63) is 0 Å². The second-order valence-corrected chi connectivity index (χ2v) is 5.14. The van der Waals surface area contributed by atoms with Crippen LogP contribution >= 0.6 is 0 Å². The van der Waals surface area contributed by atoms with Gasteiger partial charge in [-0.15, -0.1) is 0 Å². The van der Waals surface area contributed by atoms with E-state index in [-0.39, 0.29) is 12.5 Å². The Hall–Kier alpha value is -0.610. The van der Waals surface area contributed by atoms with Crippen LogP contribution in [0.4, 0.5) is 0 Å². The molecule has 1 rings (SSSR count). The Kier molecular flexibility index (Phi) is 8.01. The predicted octanol–water partition coefficient (Wildman–Crippen LogP) is 1.98. The molecule has 0 heterocycles. The molecule has 0 aromatic heterocycles. The largest absolute Gasteiger partial charge is 0.382 e. The van der Waals surface area contributed by atoms with Gasteiger partial charge in [-0.1, -0.05) is 26.2 Å². The van der Waals surface area contributed by atoms with E-state index >= 15 is 0 Å². The number of carbonyl (C=O) groups is 1. The van der Waals surface area contributed by atoms with E-state index in [1.54, 1.807) is 7.11 Å². The molecule has 1 N–H and O–H groups in total. The van der Waals surface area contributed by atoms with Crippen LogP contribution in [0.5, 0.6) is 0 Å². The minimum absolute atomic E-state index is 0.0104. The number of rotatable bonds is 8. The van der Waals surface area contributed by atoms with Crippen molar-refractivity contribution in [3.63, 3.8) is 0 Å². The van der Waals surface area contributed by atoms with Gasteiger partial charge in [0.1, 0.15) is 6.61 Å². The number of hydrogen-bond donors (Lipinski definition) is 1. The number of methoxy groups -OCH3 is 1. The summed E-state index contributed by atoms with van der Waals surface area (Å²) in [6, 6.07) is 0. The number of ether oxygens (including phenoxy) is 2. The van der Waals surface area contributed by atoms with Crippen LogP contribution in [0.1, 0.15) is 39.0 Å². The molecule has 0 spiro atoms. The smallest absolute Gasteiger partial charge is 0.246 e. The highest BCUT2D eigenvalue weighted by atomic mass is 16.5. The topological polar surface area (TPSA) is 47.6 Å². The van der Waals surface area contributed by atoms with Crippen LogP contribution in [0.3, 0.4) is 0 Å². The summed E-state index contributed by atoms with van der Waals surface area (Å²) >= 11 is 0. The SMILES string of the molecule is CCC1CCC(CNC(=O)COCCOC)CC1. The Morgan fingerprint density at radius 1 is 1.17 bits per heavy atom. The first-order valence-electron chi connectivity index (χ1n) is 7.09. The Bertz CT molecular complexity index is 225. The van der Waals surface area contributed by atoms with E-state index < -0.39 is 0 Å². The Morgan fingerprint density at radius 2 is 1.83 bits per heavy atom. The summed E-state index contributed by atoms with van der Waals surface area (Å²) < 4.78 is 10.0. The van der Waals surface area contributed by atoms with E-state index in [2.05, 4.69) is 12.2 Å².